The zero-order valence-electron chi connectivity index (χ0n) is 10.9. The zero-order valence-corrected chi connectivity index (χ0v) is 10.9. The highest BCUT2D eigenvalue weighted by atomic mass is 16.5. The van der Waals surface area contributed by atoms with Gasteiger partial charge in [0.15, 0.2) is 0 Å². The Morgan fingerprint density at radius 2 is 2.11 bits per heavy atom. The maximum absolute atomic E-state index is 5.62. The van der Waals surface area contributed by atoms with E-state index >= 15 is 0 Å². The van der Waals surface area contributed by atoms with Crippen LogP contribution in [0.25, 0.3) is 5.69 Å². The van der Waals surface area contributed by atoms with Crippen LogP contribution >= 0.6 is 0 Å². The molecule has 1 aliphatic rings. The molecule has 1 atom stereocenters. The van der Waals surface area contributed by atoms with Crippen LogP contribution in [-0.2, 0) is 4.74 Å². The van der Waals surface area contributed by atoms with Crippen molar-refractivity contribution in [3.05, 3.63) is 60.1 Å². The standard InChI is InChI=1S/C15H17N3O/c1-16-15(14-8-5-11-19-14)13-9-10-18(17-13)12-6-3-2-4-7-12/h2-4,6-10,15-16H,5,11H2,1H3. The molecule has 0 saturated carbocycles. The average molecular weight is 255 g/mol. The molecule has 19 heavy (non-hydrogen) atoms. The van der Waals surface area contributed by atoms with Gasteiger partial charge in [0.25, 0.3) is 0 Å². The lowest BCUT2D eigenvalue weighted by molar-refractivity contribution is 0.217. The first-order valence-corrected chi connectivity index (χ1v) is 6.49. The summed E-state index contributed by atoms with van der Waals surface area (Å²) in [5.74, 6) is 0.973. The van der Waals surface area contributed by atoms with E-state index in [9.17, 15) is 0 Å². The number of hydrogen-bond acceptors (Lipinski definition) is 3. The summed E-state index contributed by atoms with van der Waals surface area (Å²) >= 11 is 0. The van der Waals surface area contributed by atoms with Crippen LogP contribution in [-0.4, -0.2) is 23.4 Å². The summed E-state index contributed by atoms with van der Waals surface area (Å²) in [4.78, 5) is 0. The molecule has 2 aromatic rings. The SMILES string of the molecule is CNC(C1=CCCO1)c1ccn(-c2ccccc2)n1. The molecule has 4 nitrogen and oxygen atoms in total. The highest BCUT2D eigenvalue weighted by Gasteiger charge is 2.21. The van der Waals surface area contributed by atoms with Crippen LogP contribution in [0.1, 0.15) is 18.2 Å². The molecule has 1 aromatic carbocycles. The summed E-state index contributed by atoms with van der Waals surface area (Å²) in [6, 6.07) is 12.2. The van der Waals surface area contributed by atoms with E-state index in [0.29, 0.717) is 0 Å². The number of rotatable bonds is 4. The van der Waals surface area contributed by atoms with Crippen molar-refractivity contribution >= 4 is 0 Å². The summed E-state index contributed by atoms with van der Waals surface area (Å²) in [6.45, 7) is 0.771. The molecule has 4 heteroatoms. The van der Waals surface area contributed by atoms with Crippen molar-refractivity contribution in [2.75, 3.05) is 13.7 Å². The smallest absolute Gasteiger partial charge is 0.115 e. The second kappa shape index (κ2) is 5.28. The first-order chi connectivity index (χ1) is 9.38. The van der Waals surface area contributed by atoms with Crippen molar-refractivity contribution in [2.24, 2.45) is 0 Å². The van der Waals surface area contributed by atoms with Gasteiger partial charge in [-0.2, -0.15) is 5.10 Å². The van der Waals surface area contributed by atoms with E-state index < -0.39 is 0 Å². The van der Waals surface area contributed by atoms with Crippen molar-refractivity contribution in [3.8, 4) is 5.69 Å². The molecule has 0 radical (unpaired) electrons. The van der Waals surface area contributed by atoms with E-state index in [2.05, 4.69) is 16.5 Å². The van der Waals surface area contributed by atoms with E-state index in [4.69, 9.17) is 4.74 Å². The Kier molecular flexibility index (Phi) is 3.33. The molecule has 3 rings (SSSR count). The highest BCUT2D eigenvalue weighted by Crippen LogP contribution is 2.25. The normalized spacial score (nSPS) is 15.9. The van der Waals surface area contributed by atoms with Crippen molar-refractivity contribution < 1.29 is 4.74 Å². The second-order valence-corrected chi connectivity index (χ2v) is 4.49. The quantitative estimate of drug-likeness (QED) is 0.912. The number of para-hydroxylation sites is 1. The molecule has 1 aliphatic heterocycles. The highest BCUT2D eigenvalue weighted by molar-refractivity contribution is 5.31. The van der Waals surface area contributed by atoms with E-state index in [1.807, 2.05) is 54.3 Å². The average Bonchev–Trinajstić information content (AvgIpc) is 3.12. The predicted octanol–water partition coefficient (Wildman–Crippen LogP) is 2.44. The van der Waals surface area contributed by atoms with Gasteiger partial charge in [0.1, 0.15) is 11.8 Å². The lowest BCUT2D eigenvalue weighted by Gasteiger charge is -2.15. The Morgan fingerprint density at radius 1 is 1.26 bits per heavy atom. The lowest BCUT2D eigenvalue weighted by Crippen LogP contribution is -2.19. The summed E-state index contributed by atoms with van der Waals surface area (Å²) in [7, 11) is 1.93. The van der Waals surface area contributed by atoms with Gasteiger partial charge in [-0.05, 0) is 31.3 Å². The molecular formula is C15H17N3O. The van der Waals surface area contributed by atoms with Crippen molar-refractivity contribution in [1.82, 2.24) is 15.1 Å². The van der Waals surface area contributed by atoms with Gasteiger partial charge in [-0.25, -0.2) is 4.68 Å². The molecule has 0 fully saturated rings. The van der Waals surface area contributed by atoms with Gasteiger partial charge >= 0.3 is 0 Å². The number of hydrogen-bond donors (Lipinski definition) is 1. The van der Waals surface area contributed by atoms with Crippen LogP contribution in [0.5, 0.6) is 0 Å². The Hall–Kier alpha value is -2.07. The fourth-order valence-electron chi connectivity index (χ4n) is 2.29. The molecule has 1 N–H and O–H groups in total. The maximum Gasteiger partial charge on any atom is 0.115 e. The zero-order chi connectivity index (χ0) is 13.1. The van der Waals surface area contributed by atoms with Crippen LogP contribution in [0.15, 0.2) is 54.4 Å². The minimum absolute atomic E-state index is 0.0347. The number of ether oxygens (including phenoxy) is 1. The molecule has 2 heterocycles. The third kappa shape index (κ3) is 2.39. The Morgan fingerprint density at radius 3 is 2.79 bits per heavy atom. The van der Waals surface area contributed by atoms with Crippen molar-refractivity contribution in [3.63, 3.8) is 0 Å². The molecule has 1 aromatic heterocycles. The number of nitrogens with one attached hydrogen (secondary N) is 1. The minimum atomic E-state index is 0.0347. The number of benzene rings is 1. The first kappa shape index (κ1) is 12.0. The van der Waals surface area contributed by atoms with Crippen molar-refractivity contribution in [1.29, 1.82) is 0 Å². The molecule has 0 saturated heterocycles. The predicted molar refractivity (Wildman–Crippen MR) is 74.0 cm³/mol. The van der Waals surface area contributed by atoms with Crippen LogP contribution in [0, 0.1) is 0 Å². The lowest BCUT2D eigenvalue weighted by atomic mass is 10.1. The third-order valence-corrected chi connectivity index (χ3v) is 3.23. The molecule has 0 bridgehead atoms. The van der Waals surface area contributed by atoms with E-state index in [0.717, 1.165) is 30.2 Å². The first-order valence-electron chi connectivity index (χ1n) is 6.49. The summed E-state index contributed by atoms with van der Waals surface area (Å²) in [6.07, 6.45) is 5.08. The fourth-order valence-corrected chi connectivity index (χ4v) is 2.29. The Labute approximate surface area is 112 Å². The Balaban J connectivity index is 1.88. The van der Waals surface area contributed by atoms with Gasteiger partial charge in [-0.1, -0.05) is 18.2 Å². The molecular weight excluding hydrogens is 238 g/mol. The second-order valence-electron chi connectivity index (χ2n) is 4.49. The summed E-state index contributed by atoms with van der Waals surface area (Å²) in [5.41, 5.74) is 2.03. The topological polar surface area (TPSA) is 39.1 Å². The molecule has 0 aliphatic carbocycles. The van der Waals surface area contributed by atoms with Gasteiger partial charge in [0, 0.05) is 12.6 Å². The van der Waals surface area contributed by atoms with Gasteiger partial charge in [-0.15, -0.1) is 0 Å². The van der Waals surface area contributed by atoms with Gasteiger partial charge in [0.05, 0.1) is 18.0 Å². The fraction of sp³-hybridized carbons (Fsp3) is 0.267. The minimum Gasteiger partial charge on any atom is -0.496 e. The molecule has 1 unspecified atom stereocenters. The number of aromatic nitrogens is 2. The Bertz CT molecular complexity index is 574. The van der Waals surface area contributed by atoms with Gasteiger partial charge in [-0.3, -0.25) is 0 Å². The van der Waals surface area contributed by atoms with E-state index in [1.54, 1.807) is 0 Å². The molecule has 98 valence electrons. The molecule has 0 amide bonds. The van der Waals surface area contributed by atoms with E-state index in [1.165, 1.54) is 0 Å². The largest absolute Gasteiger partial charge is 0.496 e. The van der Waals surface area contributed by atoms with Crippen LogP contribution in [0.2, 0.25) is 0 Å². The van der Waals surface area contributed by atoms with Gasteiger partial charge < -0.3 is 10.1 Å². The number of likely N-dealkylation sites (N-methyl/N-ethyl adjacent to an activating group) is 1. The number of nitrogens with zero attached hydrogens (tertiary/aromatic N) is 2. The molecule has 0 spiro atoms. The third-order valence-electron chi connectivity index (χ3n) is 3.23. The van der Waals surface area contributed by atoms with Crippen LogP contribution in [0.4, 0.5) is 0 Å². The van der Waals surface area contributed by atoms with E-state index in [-0.39, 0.29) is 6.04 Å². The van der Waals surface area contributed by atoms with Crippen molar-refractivity contribution in [2.45, 2.75) is 12.5 Å². The summed E-state index contributed by atoms with van der Waals surface area (Å²) in [5, 5.41) is 7.89. The van der Waals surface area contributed by atoms with Crippen LogP contribution < -0.4 is 5.32 Å². The van der Waals surface area contributed by atoms with Crippen LogP contribution in [0.3, 0.4) is 0 Å². The summed E-state index contributed by atoms with van der Waals surface area (Å²) < 4.78 is 7.51. The monoisotopic (exact) mass is 255 g/mol. The van der Waals surface area contributed by atoms with Gasteiger partial charge in [0.2, 0.25) is 0 Å². The maximum atomic E-state index is 5.62.